The molecular formula is C23H32IN5O. The van der Waals surface area contributed by atoms with Crippen LogP contribution < -0.4 is 10.6 Å². The lowest BCUT2D eigenvalue weighted by Crippen LogP contribution is -2.49. The van der Waals surface area contributed by atoms with Gasteiger partial charge < -0.3 is 15.5 Å². The Labute approximate surface area is 196 Å². The van der Waals surface area contributed by atoms with E-state index in [0.29, 0.717) is 19.0 Å². The molecule has 1 amide bonds. The molecule has 0 unspecified atom stereocenters. The van der Waals surface area contributed by atoms with Crippen LogP contribution in [0.5, 0.6) is 0 Å². The zero-order chi connectivity index (χ0) is 20.7. The number of pyridine rings is 1. The number of nitrogens with one attached hydrogen (secondary N) is 2. The highest BCUT2D eigenvalue weighted by atomic mass is 127. The predicted molar refractivity (Wildman–Crippen MR) is 133 cm³/mol. The van der Waals surface area contributed by atoms with Crippen LogP contribution in [0.25, 0.3) is 11.3 Å². The van der Waals surface area contributed by atoms with Crippen LogP contribution in [-0.2, 0) is 11.3 Å². The fourth-order valence-corrected chi connectivity index (χ4v) is 4.03. The molecule has 1 aliphatic carbocycles. The average molecular weight is 521 g/mol. The molecule has 1 saturated carbocycles. The first-order valence-electron chi connectivity index (χ1n) is 10.2. The number of carbonyl (C=O) groups is 1. The number of nitrogens with zero attached hydrogens (tertiary/aromatic N) is 3. The highest BCUT2D eigenvalue weighted by Crippen LogP contribution is 2.38. The van der Waals surface area contributed by atoms with Crippen LogP contribution in [0.2, 0.25) is 0 Å². The van der Waals surface area contributed by atoms with E-state index in [-0.39, 0.29) is 35.3 Å². The van der Waals surface area contributed by atoms with E-state index in [1.807, 2.05) is 38.4 Å². The Kier molecular flexibility index (Phi) is 9.08. The Morgan fingerprint density at radius 1 is 1.13 bits per heavy atom. The summed E-state index contributed by atoms with van der Waals surface area (Å²) in [6.45, 7) is 1.26. The minimum Gasteiger partial charge on any atom is -0.355 e. The zero-order valence-corrected chi connectivity index (χ0v) is 20.3. The van der Waals surface area contributed by atoms with Gasteiger partial charge in [-0.1, -0.05) is 37.1 Å². The first-order valence-corrected chi connectivity index (χ1v) is 10.2. The van der Waals surface area contributed by atoms with Gasteiger partial charge in [0.2, 0.25) is 5.91 Å². The molecule has 0 saturated heterocycles. The Bertz CT molecular complexity index is 848. The first kappa shape index (κ1) is 24.1. The van der Waals surface area contributed by atoms with Gasteiger partial charge in [0.25, 0.3) is 0 Å². The van der Waals surface area contributed by atoms with Crippen molar-refractivity contribution in [3.63, 3.8) is 0 Å². The van der Waals surface area contributed by atoms with Crippen molar-refractivity contribution in [2.75, 3.05) is 27.7 Å². The van der Waals surface area contributed by atoms with Crippen LogP contribution in [0.15, 0.2) is 53.7 Å². The molecule has 2 N–H and O–H groups in total. The van der Waals surface area contributed by atoms with Crippen molar-refractivity contribution in [1.29, 1.82) is 0 Å². The second-order valence-corrected chi connectivity index (χ2v) is 7.88. The van der Waals surface area contributed by atoms with Gasteiger partial charge in [-0.25, -0.2) is 0 Å². The molecule has 0 atom stereocenters. The highest BCUT2D eigenvalue weighted by molar-refractivity contribution is 14.0. The van der Waals surface area contributed by atoms with Crippen molar-refractivity contribution in [3.05, 3.63) is 54.2 Å². The van der Waals surface area contributed by atoms with Crippen molar-refractivity contribution < 1.29 is 4.79 Å². The molecule has 1 aromatic carbocycles. The fourth-order valence-electron chi connectivity index (χ4n) is 4.03. The molecular weight excluding hydrogens is 489 g/mol. The highest BCUT2D eigenvalue weighted by Gasteiger charge is 2.42. The minimum absolute atomic E-state index is 0. The summed E-state index contributed by atoms with van der Waals surface area (Å²) < 4.78 is 0. The molecule has 0 radical (unpaired) electrons. The number of aliphatic imine (C=N–C) groups is 1. The number of hydrogen-bond donors (Lipinski definition) is 2. The lowest BCUT2D eigenvalue weighted by molar-refractivity contribution is -0.138. The van der Waals surface area contributed by atoms with Gasteiger partial charge in [0.1, 0.15) is 0 Å². The molecule has 1 fully saturated rings. The van der Waals surface area contributed by atoms with Crippen LogP contribution in [0.4, 0.5) is 0 Å². The zero-order valence-electron chi connectivity index (χ0n) is 18.0. The van der Waals surface area contributed by atoms with E-state index >= 15 is 0 Å². The maximum Gasteiger partial charge on any atom is 0.230 e. The van der Waals surface area contributed by atoms with E-state index in [1.54, 1.807) is 18.1 Å². The normalized spacial score (nSPS) is 15.2. The third-order valence-electron chi connectivity index (χ3n) is 5.59. The van der Waals surface area contributed by atoms with Gasteiger partial charge in [0.15, 0.2) is 5.96 Å². The summed E-state index contributed by atoms with van der Waals surface area (Å²) in [7, 11) is 5.43. The first-order chi connectivity index (χ1) is 14.0. The maximum absolute atomic E-state index is 12.7. The van der Waals surface area contributed by atoms with Crippen molar-refractivity contribution in [1.82, 2.24) is 20.5 Å². The van der Waals surface area contributed by atoms with Crippen molar-refractivity contribution >= 4 is 35.8 Å². The quantitative estimate of drug-likeness (QED) is 0.346. The summed E-state index contributed by atoms with van der Waals surface area (Å²) in [6, 6.07) is 14.2. The number of amides is 1. The summed E-state index contributed by atoms with van der Waals surface area (Å²) in [5, 5.41) is 6.75. The Hall–Kier alpha value is -2.16. The van der Waals surface area contributed by atoms with E-state index in [1.165, 1.54) is 0 Å². The Balaban J connectivity index is 0.00000320. The predicted octanol–water partition coefficient (Wildman–Crippen LogP) is 3.68. The number of hydrogen-bond acceptors (Lipinski definition) is 3. The third-order valence-corrected chi connectivity index (χ3v) is 5.59. The van der Waals surface area contributed by atoms with Gasteiger partial charge in [-0.2, -0.15) is 0 Å². The van der Waals surface area contributed by atoms with Crippen molar-refractivity contribution in [2.24, 2.45) is 10.4 Å². The Morgan fingerprint density at radius 2 is 1.90 bits per heavy atom. The largest absolute Gasteiger partial charge is 0.355 e. The van der Waals surface area contributed by atoms with Gasteiger partial charge in [-0.3, -0.25) is 14.8 Å². The maximum atomic E-state index is 12.7. The minimum atomic E-state index is -0.319. The van der Waals surface area contributed by atoms with Crippen molar-refractivity contribution in [2.45, 2.75) is 32.2 Å². The lowest BCUT2D eigenvalue weighted by atomic mass is 9.84. The number of carbonyl (C=O) groups excluding carboxylic acids is 1. The molecule has 162 valence electrons. The molecule has 7 heteroatoms. The van der Waals surface area contributed by atoms with Crippen LogP contribution in [0, 0.1) is 5.41 Å². The third kappa shape index (κ3) is 5.93. The Morgan fingerprint density at radius 3 is 2.53 bits per heavy atom. The lowest BCUT2D eigenvalue weighted by Gasteiger charge is -2.31. The van der Waals surface area contributed by atoms with Crippen LogP contribution in [-0.4, -0.2) is 49.4 Å². The smallest absolute Gasteiger partial charge is 0.230 e. The van der Waals surface area contributed by atoms with Gasteiger partial charge in [-0.15, -0.1) is 24.0 Å². The number of aromatic nitrogens is 1. The molecule has 1 heterocycles. The fraction of sp³-hybridized carbons (Fsp3) is 0.435. The molecule has 1 aliphatic rings. The van der Waals surface area contributed by atoms with Gasteiger partial charge >= 0.3 is 0 Å². The van der Waals surface area contributed by atoms with Crippen LogP contribution in [0.3, 0.4) is 0 Å². The van der Waals surface area contributed by atoms with Crippen LogP contribution in [0.1, 0.15) is 31.2 Å². The standard InChI is InChI=1S/C23H31N5O.HI/c1-24-22(27-17-23(12-5-6-13-23)21(29)28(2)3)26-16-18-9-8-10-19(15-18)20-11-4-7-14-25-20;/h4,7-11,14-15H,5-6,12-13,16-17H2,1-3H3,(H2,24,26,27);1H. The van der Waals surface area contributed by atoms with E-state index in [9.17, 15) is 4.79 Å². The monoisotopic (exact) mass is 521 g/mol. The molecule has 1 aromatic heterocycles. The SMILES string of the molecule is CN=C(NCc1cccc(-c2ccccn2)c1)NCC1(C(=O)N(C)C)CCCC1.I. The molecule has 3 rings (SSSR count). The summed E-state index contributed by atoms with van der Waals surface area (Å²) in [4.78, 5) is 23.2. The molecule has 0 spiro atoms. The van der Waals surface area contributed by atoms with Gasteiger partial charge in [-0.05, 0) is 36.6 Å². The summed E-state index contributed by atoms with van der Waals surface area (Å²) in [5.41, 5.74) is 2.88. The average Bonchev–Trinajstić information content (AvgIpc) is 3.24. The van der Waals surface area contributed by atoms with E-state index in [4.69, 9.17) is 0 Å². The van der Waals surface area contributed by atoms with Gasteiger partial charge in [0, 0.05) is 46.0 Å². The van der Waals surface area contributed by atoms with Crippen molar-refractivity contribution in [3.8, 4) is 11.3 Å². The van der Waals surface area contributed by atoms with Gasteiger partial charge in [0.05, 0.1) is 11.1 Å². The van der Waals surface area contributed by atoms with Crippen LogP contribution >= 0.6 is 24.0 Å². The van der Waals surface area contributed by atoms with E-state index < -0.39 is 0 Å². The summed E-state index contributed by atoms with van der Waals surface area (Å²) in [6.07, 6.45) is 5.88. The number of halogens is 1. The molecule has 0 aliphatic heterocycles. The molecule has 2 aromatic rings. The van der Waals surface area contributed by atoms with E-state index in [2.05, 4.69) is 38.8 Å². The molecule has 6 nitrogen and oxygen atoms in total. The summed E-state index contributed by atoms with van der Waals surface area (Å²) in [5.74, 6) is 0.923. The second-order valence-electron chi connectivity index (χ2n) is 7.88. The summed E-state index contributed by atoms with van der Waals surface area (Å²) >= 11 is 0. The number of benzene rings is 1. The topological polar surface area (TPSA) is 69.6 Å². The molecule has 0 bridgehead atoms. The number of rotatable bonds is 6. The molecule has 30 heavy (non-hydrogen) atoms. The number of guanidine groups is 1. The second kappa shape index (κ2) is 11.3. The van der Waals surface area contributed by atoms with E-state index in [0.717, 1.165) is 42.5 Å².